The molecular weight excluding hydrogens is 345 g/mol. The van der Waals surface area contributed by atoms with Crippen LogP contribution in [0.3, 0.4) is 0 Å². The number of amides is 1. The number of nitrogens with one attached hydrogen (secondary N) is 1. The highest BCUT2D eigenvalue weighted by molar-refractivity contribution is 6.35. The Morgan fingerprint density at radius 3 is 2.33 bits per heavy atom. The molecule has 0 saturated carbocycles. The van der Waals surface area contributed by atoms with Crippen LogP contribution >= 0.6 is 23.2 Å². The van der Waals surface area contributed by atoms with Crippen LogP contribution in [0, 0.1) is 0 Å². The molecule has 122 valence electrons. The van der Waals surface area contributed by atoms with Crippen molar-refractivity contribution in [3.8, 4) is 5.75 Å². The van der Waals surface area contributed by atoms with Gasteiger partial charge in [0.25, 0.3) is 5.91 Å². The van der Waals surface area contributed by atoms with Gasteiger partial charge >= 0.3 is 0 Å². The summed E-state index contributed by atoms with van der Waals surface area (Å²) in [7, 11) is 0. The molecule has 0 heterocycles. The number of benzene rings is 3. The largest absolute Gasteiger partial charge is 0.481 e. The first-order valence-corrected chi connectivity index (χ1v) is 8.19. The second-order valence-corrected chi connectivity index (χ2v) is 6.29. The van der Waals surface area contributed by atoms with Crippen LogP contribution in [0.4, 0.5) is 5.69 Å². The van der Waals surface area contributed by atoms with Crippen molar-refractivity contribution in [2.45, 2.75) is 13.0 Å². The highest BCUT2D eigenvalue weighted by Gasteiger charge is 2.15. The Morgan fingerprint density at radius 2 is 1.62 bits per heavy atom. The van der Waals surface area contributed by atoms with E-state index in [9.17, 15) is 4.79 Å². The van der Waals surface area contributed by atoms with Crippen LogP contribution in [0.2, 0.25) is 10.0 Å². The molecule has 0 aliphatic carbocycles. The van der Waals surface area contributed by atoms with Crippen molar-refractivity contribution in [1.82, 2.24) is 0 Å². The summed E-state index contributed by atoms with van der Waals surface area (Å²) in [5.41, 5.74) is 0.534. The molecule has 0 aliphatic rings. The first kappa shape index (κ1) is 16.6. The number of rotatable bonds is 4. The Hall–Kier alpha value is -2.23. The van der Waals surface area contributed by atoms with Crippen LogP contribution in [0.15, 0.2) is 60.7 Å². The topological polar surface area (TPSA) is 38.3 Å². The maximum Gasteiger partial charge on any atom is 0.265 e. The standard InChI is InChI=1S/C19H15Cl2NO2/c1-12(19(23)22-17-10-15(20)9-16(21)11-17)24-18-7-6-13-4-2-3-5-14(13)8-18/h2-12H,1H3,(H,22,23)/t12-/m0/s1. The van der Waals surface area contributed by atoms with Crippen LogP contribution in [-0.4, -0.2) is 12.0 Å². The third-order valence-electron chi connectivity index (χ3n) is 3.53. The highest BCUT2D eigenvalue weighted by atomic mass is 35.5. The van der Waals surface area contributed by atoms with Crippen LogP contribution in [0.5, 0.6) is 5.75 Å². The third-order valence-corrected chi connectivity index (χ3v) is 3.97. The second kappa shape index (κ2) is 7.12. The molecule has 0 saturated heterocycles. The first-order chi connectivity index (χ1) is 11.5. The van der Waals surface area contributed by atoms with Gasteiger partial charge in [-0.1, -0.05) is 53.5 Å². The van der Waals surface area contributed by atoms with Gasteiger partial charge in [-0.05, 0) is 48.0 Å². The van der Waals surface area contributed by atoms with Crippen LogP contribution in [-0.2, 0) is 4.79 Å². The maximum absolute atomic E-state index is 12.3. The van der Waals surface area contributed by atoms with Crippen LogP contribution in [0.1, 0.15) is 6.92 Å². The molecule has 0 bridgehead atoms. The number of hydrogen-bond acceptors (Lipinski definition) is 2. The number of halogens is 2. The van der Waals surface area contributed by atoms with Crippen molar-refractivity contribution >= 4 is 45.6 Å². The van der Waals surface area contributed by atoms with E-state index in [0.717, 1.165) is 10.8 Å². The number of hydrogen-bond donors (Lipinski definition) is 1. The quantitative estimate of drug-likeness (QED) is 0.662. The fourth-order valence-electron chi connectivity index (χ4n) is 2.37. The fraction of sp³-hybridized carbons (Fsp3) is 0.105. The van der Waals surface area contributed by atoms with E-state index in [-0.39, 0.29) is 5.91 Å². The summed E-state index contributed by atoms with van der Waals surface area (Å²) in [5, 5.41) is 5.85. The maximum atomic E-state index is 12.3. The molecule has 5 heteroatoms. The molecule has 3 rings (SSSR count). The van der Waals surface area contributed by atoms with E-state index in [1.165, 1.54) is 0 Å². The Balaban J connectivity index is 1.70. The molecule has 0 unspecified atom stereocenters. The Bertz CT molecular complexity index is 875. The zero-order valence-electron chi connectivity index (χ0n) is 12.9. The lowest BCUT2D eigenvalue weighted by Crippen LogP contribution is -2.30. The zero-order chi connectivity index (χ0) is 17.1. The van der Waals surface area contributed by atoms with Crippen molar-refractivity contribution in [2.24, 2.45) is 0 Å². The van der Waals surface area contributed by atoms with Crippen LogP contribution in [0.25, 0.3) is 10.8 Å². The fourth-order valence-corrected chi connectivity index (χ4v) is 2.89. The monoisotopic (exact) mass is 359 g/mol. The summed E-state index contributed by atoms with van der Waals surface area (Å²) in [6.45, 7) is 1.69. The van der Waals surface area contributed by atoms with Gasteiger partial charge in [0.15, 0.2) is 6.10 Å². The summed E-state index contributed by atoms with van der Waals surface area (Å²) in [6.07, 6.45) is -0.663. The average Bonchev–Trinajstić information content (AvgIpc) is 2.53. The van der Waals surface area contributed by atoms with Crippen molar-refractivity contribution in [1.29, 1.82) is 0 Å². The number of fused-ring (bicyclic) bond motifs is 1. The van der Waals surface area contributed by atoms with E-state index >= 15 is 0 Å². The Labute approximate surface area is 150 Å². The molecule has 0 aliphatic heterocycles. The van der Waals surface area contributed by atoms with Crippen LogP contribution < -0.4 is 10.1 Å². The molecule has 1 amide bonds. The minimum Gasteiger partial charge on any atom is -0.481 e. The van der Waals surface area contributed by atoms with Gasteiger partial charge < -0.3 is 10.1 Å². The zero-order valence-corrected chi connectivity index (χ0v) is 14.4. The van der Waals surface area contributed by atoms with Crippen molar-refractivity contribution in [2.75, 3.05) is 5.32 Å². The van der Waals surface area contributed by atoms with Crippen molar-refractivity contribution in [3.63, 3.8) is 0 Å². The summed E-state index contributed by atoms with van der Waals surface area (Å²) in [4.78, 5) is 12.3. The van der Waals surface area contributed by atoms with E-state index in [0.29, 0.717) is 21.5 Å². The van der Waals surface area contributed by atoms with Gasteiger partial charge in [0, 0.05) is 15.7 Å². The van der Waals surface area contributed by atoms with E-state index < -0.39 is 6.10 Å². The summed E-state index contributed by atoms with van der Waals surface area (Å²) >= 11 is 11.9. The minimum absolute atomic E-state index is 0.276. The Morgan fingerprint density at radius 1 is 0.958 bits per heavy atom. The van der Waals surface area contributed by atoms with Gasteiger partial charge in [0.2, 0.25) is 0 Å². The molecule has 3 nitrogen and oxygen atoms in total. The van der Waals surface area contributed by atoms with Gasteiger partial charge in [-0.25, -0.2) is 0 Å². The molecule has 1 N–H and O–H groups in total. The molecule has 0 aromatic heterocycles. The molecule has 3 aromatic carbocycles. The van der Waals surface area contributed by atoms with Gasteiger partial charge in [0.1, 0.15) is 5.75 Å². The highest BCUT2D eigenvalue weighted by Crippen LogP contribution is 2.24. The molecular formula is C19H15Cl2NO2. The number of carbonyl (C=O) groups excluding carboxylic acids is 1. The molecule has 24 heavy (non-hydrogen) atoms. The molecule has 0 spiro atoms. The average molecular weight is 360 g/mol. The predicted molar refractivity (Wildman–Crippen MR) is 99.1 cm³/mol. The smallest absolute Gasteiger partial charge is 0.265 e. The number of anilines is 1. The van der Waals surface area contributed by atoms with Gasteiger partial charge in [0.05, 0.1) is 0 Å². The SMILES string of the molecule is C[C@H](Oc1ccc2ccccc2c1)C(=O)Nc1cc(Cl)cc(Cl)c1. The minimum atomic E-state index is -0.663. The van der Waals surface area contributed by atoms with E-state index in [2.05, 4.69) is 5.32 Å². The molecule has 1 atom stereocenters. The van der Waals surface area contributed by atoms with E-state index in [1.807, 2.05) is 42.5 Å². The van der Waals surface area contributed by atoms with Crippen molar-refractivity contribution < 1.29 is 9.53 Å². The summed E-state index contributed by atoms with van der Waals surface area (Å²) in [6, 6.07) is 18.6. The van der Waals surface area contributed by atoms with Gasteiger partial charge in [-0.15, -0.1) is 0 Å². The lowest BCUT2D eigenvalue weighted by atomic mass is 10.1. The second-order valence-electron chi connectivity index (χ2n) is 5.42. The van der Waals surface area contributed by atoms with E-state index in [4.69, 9.17) is 27.9 Å². The number of carbonyl (C=O) groups is 1. The third kappa shape index (κ3) is 3.99. The molecule has 0 radical (unpaired) electrons. The van der Waals surface area contributed by atoms with Crippen molar-refractivity contribution in [3.05, 3.63) is 70.7 Å². The Kier molecular flexibility index (Phi) is 4.93. The lowest BCUT2D eigenvalue weighted by molar-refractivity contribution is -0.122. The van der Waals surface area contributed by atoms with Gasteiger partial charge in [-0.2, -0.15) is 0 Å². The summed E-state index contributed by atoms with van der Waals surface area (Å²) < 4.78 is 5.74. The normalized spacial score (nSPS) is 12.0. The van der Waals surface area contributed by atoms with Gasteiger partial charge in [-0.3, -0.25) is 4.79 Å². The lowest BCUT2D eigenvalue weighted by Gasteiger charge is -2.15. The molecule has 0 fully saturated rings. The number of ether oxygens (including phenoxy) is 1. The molecule has 3 aromatic rings. The first-order valence-electron chi connectivity index (χ1n) is 7.44. The summed E-state index contributed by atoms with van der Waals surface area (Å²) in [5.74, 6) is 0.363. The predicted octanol–water partition coefficient (Wildman–Crippen LogP) is 5.55. The van der Waals surface area contributed by atoms with E-state index in [1.54, 1.807) is 25.1 Å².